The van der Waals surface area contributed by atoms with E-state index >= 15 is 0 Å². The maximum absolute atomic E-state index is 12.7. The first-order valence-electron chi connectivity index (χ1n) is 8.20. The van der Waals surface area contributed by atoms with Gasteiger partial charge in [-0.05, 0) is 38.0 Å². The third-order valence-electron chi connectivity index (χ3n) is 4.26. The van der Waals surface area contributed by atoms with Crippen molar-refractivity contribution in [1.82, 2.24) is 5.32 Å². The number of allylic oxidation sites excluding steroid dienone is 1. The molecule has 0 saturated carbocycles. The molecule has 1 heterocycles. The molecule has 0 fully saturated rings. The number of fused-ring (bicyclic) bond motifs is 1. The van der Waals surface area contributed by atoms with Crippen LogP contribution in [0.2, 0.25) is 0 Å². The summed E-state index contributed by atoms with van der Waals surface area (Å²) in [5, 5.41) is 3.45. The van der Waals surface area contributed by atoms with E-state index in [0.717, 1.165) is 17.7 Å². The third kappa shape index (κ3) is 3.63. The van der Waals surface area contributed by atoms with Crippen LogP contribution in [0.3, 0.4) is 0 Å². The molecule has 0 amide bonds. The Kier molecular flexibility index (Phi) is 4.45. The molecule has 0 aromatic heterocycles. The standard InChI is InChI=1S/C21H21NO3/c1-21(2)13-16-7-4-5-10-17(16)18(22-21)12-19(23)14-8-6-9-15(11-14)20(24)25-3/h4-12,22H,13H2,1-3H3. The van der Waals surface area contributed by atoms with Crippen molar-refractivity contribution in [2.75, 3.05) is 7.11 Å². The van der Waals surface area contributed by atoms with Crippen molar-refractivity contribution in [3.8, 4) is 0 Å². The van der Waals surface area contributed by atoms with Gasteiger partial charge in [0, 0.05) is 28.4 Å². The van der Waals surface area contributed by atoms with Gasteiger partial charge in [0.1, 0.15) is 0 Å². The highest BCUT2D eigenvalue weighted by Gasteiger charge is 2.27. The lowest BCUT2D eigenvalue weighted by Crippen LogP contribution is -2.43. The van der Waals surface area contributed by atoms with Gasteiger partial charge in [-0.25, -0.2) is 4.79 Å². The van der Waals surface area contributed by atoms with Crippen molar-refractivity contribution in [3.63, 3.8) is 0 Å². The first kappa shape index (κ1) is 17.0. The van der Waals surface area contributed by atoms with Crippen LogP contribution in [0.5, 0.6) is 0 Å². The zero-order chi connectivity index (χ0) is 18.0. The lowest BCUT2D eigenvalue weighted by atomic mass is 9.85. The Morgan fingerprint density at radius 2 is 1.80 bits per heavy atom. The number of ether oxygens (including phenoxy) is 1. The largest absolute Gasteiger partial charge is 0.465 e. The SMILES string of the molecule is COC(=O)c1cccc(C(=O)C=C2NC(C)(C)Cc3ccccc32)c1. The Labute approximate surface area is 147 Å². The molecule has 0 atom stereocenters. The summed E-state index contributed by atoms with van der Waals surface area (Å²) in [6, 6.07) is 14.7. The van der Waals surface area contributed by atoms with E-state index in [0.29, 0.717) is 11.1 Å². The third-order valence-corrected chi connectivity index (χ3v) is 4.26. The molecular weight excluding hydrogens is 314 g/mol. The number of benzene rings is 2. The van der Waals surface area contributed by atoms with E-state index in [9.17, 15) is 9.59 Å². The van der Waals surface area contributed by atoms with Crippen LogP contribution in [0.25, 0.3) is 5.70 Å². The second kappa shape index (κ2) is 6.55. The quantitative estimate of drug-likeness (QED) is 0.529. The molecule has 0 unspecified atom stereocenters. The number of nitrogens with one attached hydrogen (secondary N) is 1. The molecule has 1 aliphatic heterocycles. The fourth-order valence-electron chi connectivity index (χ4n) is 3.13. The van der Waals surface area contributed by atoms with Crippen molar-refractivity contribution in [1.29, 1.82) is 0 Å². The molecule has 0 bridgehead atoms. The average molecular weight is 335 g/mol. The molecule has 128 valence electrons. The highest BCUT2D eigenvalue weighted by Crippen LogP contribution is 2.29. The molecule has 1 aliphatic rings. The van der Waals surface area contributed by atoms with Crippen molar-refractivity contribution in [2.45, 2.75) is 25.8 Å². The Morgan fingerprint density at radius 1 is 1.08 bits per heavy atom. The van der Waals surface area contributed by atoms with E-state index in [1.54, 1.807) is 30.3 Å². The summed E-state index contributed by atoms with van der Waals surface area (Å²) in [5.41, 5.74) is 3.75. The minimum atomic E-state index is -0.454. The van der Waals surface area contributed by atoms with Crippen molar-refractivity contribution in [3.05, 3.63) is 76.9 Å². The lowest BCUT2D eigenvalue weighted by molar-refractivity contribution is 0.0600. The van der Waals surface area contributed by atoms with Crippen LogP contribution in [-0.4, -0.2) is 24.4 Å². The summed E-state index contributed by atoms with van der Waals surface area (Å²) in [7, 11) is 1.32. The van der Waals surface area contributed by atoms with Crippen LogP contribution >= 0.6 is 0 Å². The molecule has 2 aromatic rings. The van der Waals surface area contributed by atoms with E-state index < -0.39 is 5.97 Å². The fourth-order valence-corrected chi connectivity index (χ4v) is 3.13. The summed E-state index contributed by atoms with van der Waals surface area (Å²) >= 11 is 0. The highest BCUT2D eigenvalue weighted by molar-refractivity contribution is 6.09. The van der Waals surface area contributed by atoms with E-state index in [1.165, 1.54) is 12.7 Å². The van der Waals surface area contributed by atoms with Crippen LogP contribution in [0, 0.1) is 0 Å². The van der Waals surface area contributed by atoms with Gasteiger partial charge in [0.15, 0.2) is 5.78 Å². The molecule has 25 heavy (non-hydrogen) atoms. The van der Waals surface area contributed by atoms with Gasteiger partial charge >= 0.3 is 5.97 Å². The highest BCUT2D eigenvalue weighted by atomic mass is 16.5. The first-order chi connectivity index (χ1) is 11.9. The number of carbonyl (C=O) groups is 2. The van der Waals surface area contributed by atoms with Crippen LogP contribution in [0.15, 0.2) is 54.6 Å². The maximum Gasteiger partial charge on any atom is 0.337 e. The molecular formula is C21H21NO3. The van der Waals surface area contributed by atoms with E-state index in [2.05, 4.69) is 25.2 Å². The molecule has 3 rings (SSSR count). The van der Waals surface area contributed by atoms with Gasteiger partial charge in [-0.1, -0.05) is 36.4 Å². The second-order valence-corrected chi connectivity index (χ2v) is 6.84. The summed E-state index contributed by atoms with van der Waals surface area (Å²) in [4.78, 5) is 24.4. The van der Waals surface area contributed by atoms with Gasteiger partial charge in [0.05, 0.1) is 12.7 Å². The number of hydrogen-bond donors (Lipinski definition) is 1. The predicted octanol–water partition coefficient (Wildman–Crippen LogP) is 3.62. The minimum Gasteiger partial charge on any atom is -0.465 e. The number of hydrogen-bond acceptors (Lipinski definition) is 4. The molecule has 1 N–H and O–H groups in total. The molecule has 4 heteroatoms. The second-order valence-electron chi connectivity index (χ2n) is 6.84. The zero-order valence-electron chi connectivity index (χ0n) is 14.6. The summed E-state index contributed by atoms with van der Waals surface area (Å²) in [6.07, 6.45) is 2.50. The normalized spacial score (nSPS) is 16.7. The van der Waals surface area contributed by atoms with Gasteiger partial charge in [-0.3, -0.25) is 4.79 Å². The van der Waals surface area contributed by atoms with Crippen LogP contribution < -0.4 is 5.32 Å². The first-order valence-corrected chi connectivity index (χ1v) is 8.20. The number of carbonyl (C=O) groups excluding carboxylic acids is 2. The minimum absolute atomic E-state index is 0.131. The van der Waals surface area contributed by atoms with Gasteiger partial charge in [0.2, 0.25) is 0 Å². The summed E-state index contributed by atoms with van der Waals surface area (Å²) in [6.45, 7) is 4.22. The Morgan fingerprint density at radius 3 is 2.56 bits per heavy atom. The fraction of sp³-hybridized carbons (Fsp3) is 0.238. The number of rotatable bonds is 3. The lowest BCUT2D eigenvalue weighted by Gasteiger charge is -2.35. The Balaban J connectivity index is 1.98. The smallest absolute Gasteiger partial charge is 0.337 e. The number of ketones is 1. The molecule has 0 radical (unpaired) electrons. The van der Waals surface area contributed by atoms with Crippen molar-refractivity contribution >= 4 is 17.4 Å². The van der Waals surface area contributed by atoms with Crippen molar-refractivity contribution in [2.24, 2.45) is 0 Å². The van der Waals surface area contributed by atoms with E-state index in [-0.39, 0.29) is 11.3 Å². The van der Waals surface area contributed by atoms with Gasteiger partial charge in [0.25, 0.3) is 0 Å². The van der Waals surface area contributed by atoms with Crippen LogP contribution in [-0.2, 0) is 11.2 Å². The zero-order valence-corrected chi connectivity index (χ0v) is 14.6. The molecule has 0 saturated heterocycles. The average Bonchev–Trinajstić information content (AvgIpc) is 2.60. The van der Waals surface area contributed by atoms with Gasteiger partial charge < -0.3 is 10.1 Å². The Hall–Kier alpha value is -2.88. The number of esters is 1. The summed E-state index contributed by atoms with van der Waals surface area (Å²) in [5.74, 6) is -0.606. The molecule has 4 nitrogen and oxygen atoms in total. The molecule has 0 spiro atoms. The Bertz CT molecular complexity index is 865. The monoisotopic (exact) mass is 335 g/mol. The predicted molar refractivity (Wildman–Crippen MR) is 97.4 cm³/mol. The number of methoxy groups -OCH3 is 1. The van der Waals surface area contributed by atoms with Crippen LogP contribution in [0.1, 0.15) is 45.7 Å². The van der Waals surface area contributed by atoms with Gasteiger partial charge in [-0.15, -0.1) is 0 Å². The van der Waals surface area contributed by atoms with E-state index in [4.69, 9.17) is 4.74 Å². The maximum atomic E-state index is 12.7. The topological polar surface area (TPSA) is 55.4 Å². The van der Waals surface area contributed by atoms with Crippen molar-refractivity contribution < 1.29 is 14.3 Å². The van der Waals surface area contributed by atoms with E-state index in [1.807, 2.05) is 18.2 Å². The van der Waals surface area contributed by atoms with Gasteiger partial charge in [-0.2, -0.15) is 0 Å². The van der Waals surface area contributed by atoms with Crippen LogP contribution in [0.4, 0.5) is 0 Å². The molecule has 0 aliphatic carbocycles. The molecule has 2 aromatic carbocycles. The summed E-state index contributed by atoms with van der Waals surface area (Å²) < 4.78 is 4.72.